The summed E-state index contributed by atoms with van der Waals surface area (Å²) in [5.74, 6) is -0.729. The molecule has 1 atom stereocenters. The predicted molar refractivity (Wildman–Crippen MR) is 118 cm³/mol. The van der Waals surface area contributed by atoms with E-state index in [0.717, 1.165) is 11.4 Å². The first-order valence-electron chi connectivity index (χ1n) is 10.6. The number of anilines is 1. The number of carbonyl (C=O) groups is 3. The molecule has 0 saturated carbocycles. The molecule has 0 radical (unpaired) electrons. The molecule has 1 unspecified atom stereocenters. The predicted octanol–water partition coefficient (Wildman–Crippen LogP) is 1.93. The molecular formula is C23H29N3O6. The van der Waals surface area contributed by atoms with Gasteiger partial charge in [0, 0.05) is 31.9 Å². The molecule has 1 fully saturated rings. The summed E-state index contributed by atoms with van der Waals surface area (Å²) < 4.78 is 15.5. The minimum Gasteiger partial charge on any atom is -0.497 e. The summed E-state index contributed by atoms with van der Waals surface area (Å²) >= 11 is 0. The number of amides is 2. The van der Waals surface area contributed by atoms with Gasteiger partial charge < -0.3 is 29.0 Å². The fraction of sp³-hybridized carbons (Fsp3) is 0.435. The highest BCUT2D eigenvalue weighted by atomic mass is 16.5. The Morgan fingerprint density at radius 2 is 1.75 bits per heavy atom. The maximum atomic E-state index is 12.5. The van der Waals surface area contributed by atoms with E-state index in [9.17, 15) is 14.4 Å². The molecule has 9 nitrogen and oxygen atoms in total. The number of carbonyl (C=O) groups excluding carboxylic acids is 3. The first kappa shape index (κ1) is 23.2. The van der Waals surface area contributed by atoms with E-state index >= 15 is 0 Å². The van der Waals surface area contributed by atoms with Gasteiger partial charge in [0.25, 0.3) is 11.8 Å². The molecule has 172 valence electrons. The number of methoxy groups -OCH3 is 1. The van der Waals surface area contributed by atoms with Gasteiger partial charge in [-0.2, -0.15) is 0 Å². The monoisotopic (exact) mass is 443 g/mol. The molecule has 1 N–H and O–H groups in total. The van der Waals surface area contributed by atoms with Crippen molar-refractivity contribution in [2.45, 2.75) is 19.9 Å². The van der Waals surface area contributed by atoms with Crippen molar-refractivity contribution in [3.05, 3.63) is 48.4 Å². The first-order valence-corrected chi connectivity index (χ1v) is 10.6. The largest absolute Gasteiger partial charge is 0.497 e. The third-order valence-corrected chi connectivity index (χ3v) is 5.36. The lowest BCUT2D eigenvalue weighted by Crippen LogP contribution is -2.50. The standard InChI is InChI=1S/C23H29N3O6/c1-16(2)21(24-22(28)19-5-4-14-31-19)23(29)32-15-20(27)26-12-10-25(11-13-26)17-6-8-18(30-3)9-7-17/h4-9,14,16,21H,10-13,15H2,1-3H3,(H,24,28). The summed E-state index contributed by atoms with van der Waals surface area (Å²) in [6, 6.07) is 10.00. The van der Waals surface area contributed by atoms with Crippen LogP contribution in [0.4, 0.5) is 5.69 Å². The number of benzene rings is 1. The molecule has 32 heavy (non-hydrogen) atoms. The van der Waals surface area contributed by atoms with Crippen LogP contribution in [-0.4, -0.2) is 68.6 Å². The van der Waals surface area contributed by atoms with Crippen molar-refractivity contribution in [3.63, 3.8) is 0 Å². The van der Waals surface area contributed by atoms with Crippen LogP contribution in [0.5, 0.6) is 5.75 Å². The molecule has 2 aromatic rings. The Labute approximate surface area is 187 Å². The van der Waals surface area contributed by atoms with Crippen molar-refractivity contribution in [3.8, 4) is 5.75 Å². The summed E-state index contributed by atoms with van der Waals surface area (Å²) in [4.78, 5) is 41.1. The van der Waals surface area contributed by atoms with E-state index in [1.165, 1.54) is 12.3 Å². The maximum absolute atomic E-state index is 12.5. The van der Waals surface area contributed by atoms with Gasteiger partial charge in [0.2, 0.25) is 0 Å². The van der Waals surface area contributed by atoms with E-state index in [0.29, 0.717) is 26.2 Å². The van der Waals surface area contributed by atoms with E-state index in [4.69, 9.17) is 13.9 Å². The molecule has 0 bridgehead atoms. The number of nitrogens with one attached hydrogen (secondary N) is 1. The van der Waals surface area contributed by atoms with Crippen LogP contribution in [0.3, 0.4) is 0 Å². The average Bonchev–Trinajstić information content (AvgIpc) is 3.36. The van der Waals surface area contributed by atoms with Gasteiger partial charge >= 0.3 is 5.97 Å². The molecule has 1 aliphatic rings. The molecular weight excluding hydrogens is 414 g/mol. The number of rotatable bonds is 8. The number of nitrogens with zero attached hydrogens (tertiary/aromatic N) is 2. The zero-order valence-electron chi connectivity index (χ0n) is 18.6. The lowest BCUT2D eigenvalue weighted by molar-refractivity contribution is -0.154. The van der Waals surface area contributed by atoms with Gasteiger partial charge in [-0.05, 0) is 42.3 Å². The van der Waals surface area contributed by atoms with Gasteiger partial charge in [-0.1, -0.05) is 13.8 Å². The van der Waals surface area contributed by atoms with E-state index in [1.54, 1.807) is 31.9 Å². The highest BCUT2D eigenvalue weighted by Gasteiger charge is 2.29. The number of hydrogen-bond acceptors (Lipinski definition) is 7. The van der Waals surface area contributed by atoms with Crippen LogP contribution in [0.2, 0.25) is 0 Å². The smallest absolute Gasteiger partial charge is 0.329 e. The highest BCUT2D eigenvalue weighted by molar-refractivity contribution is 5.94. The molecule has 1 saturated heterocycles. The molecule has 1 aliphatic heterocycles. The zero-order chi connectivity index (χ0) is 23.1. The Bertz CT molecular complexity index is 902. The SMILES string of the molecule is COc1ccc(N2CCN(C(=O)COC(=O)C(NC(=O)c3ccco3)C(C)C)CC2)cc1. The lowest BCUT2D eigenvalue weighted by atomic mass is 10.0. The fourth-order valence-corrected chi connectivity index (χ4v) is 3.44. The highest BCUT2D eigenvalue weighted by Crippen LogP contribution is 2.20. The number of piperazine rings is 1. The Kier molecular flexibility index (Phi) is 7.75. The molecule has 1 aromatic carbocycles. The number of ether oxygens (including phenoxy) is 2. The van der Waals surface area contributed by atoms with Crippen molar-refractivity contribution in [2.24, 2.45) is 5.92 Å². The van der Waals surface area contributed by atoms with E-state index in [-0.39, 0.29) is 24.2 Å². The van der Waals surface area contributed by atoms with Crippen LogP contribution < -0.4 is 15.0 Å². The van der Waals surface area contributed by atoms with E-state index in [2.05, 4.69) is 10.2 Å². The summed E-state index contributed by atoms with van der Waals surface area (Å²) in [6.45, 7) is 5.64. The van der Waals surface area contributed by atoms with Crippen LogP contribution in [0.1, 0.15) is 24.4 Å². The minimum absolute atomic E-state index is 0.106. The molecule has 0 spiro atoms. The van der Waals surface area contributed by atoms with Gasteiger partial charge in [-0.3, -0.25) is 9.59 Å². The zero-order valence-corrected chi connectivity index (χ0v) is 18.6. The number of esters is 1. The first-order chi connectivity index (χ1) is 15.4. The van der Waals surface area contributed by atoms with Crippen molar-refractivity contribution in [1.82, 2.24) is 10.2 Å². The van der Waals surface area contributed by atoms with Gasteiger partial charge in [0.05, 0.1) is 13.4 Å². The average molecular weight is 444 g/mol. The quantitative estimate of drug-likeness (QED) is 0.622. The molecule has 9 heteroatoms. The number of hydrogen-bond donors (Lipinski definition) is 1. The summed E-state index contributed by atoms with van der Waals surface area (Å²) in [5.41, 5.74) is 1.07. The summed E-state index contributed by atoms with van der Waals surface area (Å²) in [7, 11) is 1.63. The Balaban J connectivity index is 1.46. The second kappa shape index (κ2) is 10.7. The van der Waals surface area contributed by atoms with E-state index < -0.39 is 17.9 Å². The Morgan fingerprint density at radius 3 is 2.31 bits per heavy atom. The van der Waals surface area contributed by atoms with Crippen LogP contribution in [0.15, 0.2) is 47.1 Å². The Morgan fingerprint density at radius 1 is 1.06 bits per heavy atom. The third-order valence-electron chi connectivity index (χ3n) is 5.36. The summed E-state index contributed by atoms with van der Waals surface area (Å²) in [6.07, 6.45) is 1.38. The molecule has 3 rings (SSSR count). The molecule has 2 heterocycles. The second-order valence-corrected chi connectivity index (χ2v) is 7.85. The third kappa shape index (κ3) is 5.81. The van der Waals surface area contributed by atoms with Gasteiger partial charge in [0.15, 0.2) is 12.4 Å². The fourth-order valence-electron chi connectivity index (χ4n) is 3.44. The van der Waals surface area contributed by atoms with Crippen LogP contribution in [0, 0.1) is 5.92 Å². The number of furan rings is 1. The van der Waals surface area contributed by atoms with Crippen molar-refractivity contribution < 1.29 is 28.3 Å². The lowest BCUT2D eigenvalue weighted by Gasteiger charge is -2.36. The van der Waals surface area contributed by atoms with Crippen LogP contribution in [0.25, 0.3) is 0 Å². The van der Waals surface area contributed by atoms with Crippen LogP contribution in [-0.2, 0) is 14.3 Å². The van der Waals surface area contributed by atoms with Crippen molar-refractivity contribution in [1.29, 1.82) is 0 Å². The Hall–Kier alpha value is -3.49. The van der Waals surface area contributed by atoms with Crippen molar-refractivity contribution >= 4 is 23.5 Å². The van der Waals surface area contributed by atoms with E-state index in [1.807, 2.05) is 24.3 Å². The van der Waals surface area contributed by atoms with Gasteiger partial charge in [-0.15, -0.1) is 0 Å². The maximum Gasteiger partial charge on any atom is 0.329 e. The van der Waals surface area contributed by atoms with Crippen molar-refractivity contribution in [2.75, 3.05) is 44.8 Å². The molecule has 1 aromatic heterocycles. The second-order valence-electron chi connectivity index (χ2n) is 7.85. The summed E-state index contributed by atoms with van der Waals surface area (Å²) in [5, 5.41) is 2.61. The van der Waals surface area contributed by atoms with Crippen LogP contribution >= 0.6 is 0 Å². The topological polar surface area (TPSA) is 101 Å². The molecule has 0 aliphatic carbocycles. The normalized spacial score (nSPS) is 14.8. The minimum atomic E-state index is -0.882. The van der Waals surface area contributed by atoms with Gasteiger partial charge in [-0.25, -0.2) is 4.79 Å². The molecule has 2 amide bonds. The van der Waals surface area contributed by atoms with Gasteiger partial charge in [0.1, 0.15) is 11.8 Å².